The lowest BCUT2D eigenvalue weighted by Crippen LogP contribution is -2.52. The Labute approximate surface area is 183 Å². The molecule has 2 aromatic rings. The van der Waals surface area contributed by atoms with Crippen molar-refractivity contribution < 1.29 is 18.0 Å². The van der Waals surface area contributed by atoms with Crippen LogP contribution in [-0.2, 0) is 9.84 Å². The van der Waals surface area contributed by atoms with Crippen LogP contribution in [0.15, 0.2) is 42.5 Å². The zero-order valence-electron chi connectivity index (χ0n) is 18.0. The van der Waals surface area contributed by atoms with Crippen LogP contribution < -0.4 is 0 Å². The van der Waals surface area contributed by atoms with Crippen LogP contribution in [0.1, 0.15) is 43.8 Å². The minimum atomic E-state index is -2.92. The number of benzene rings is 2. The number of rotatable bonds is 4. The Morgan fingerprint density at radius 1 is 0.903 bits per heavy atom. The van der Waals surface area contributed by atoms with E-state index in [4.69, 9.17) is 0 Å². The van der Waals surface area contributed by atoms with E-state index < -0.39 is 9.84 Å². The van der Waals surface area contributed by atoms with Crippen molar-refractivity contribution in [3.63, 3.8) is 0 Å². The molecule has 1 unspecified atom stereocenters. The molecule has 31 heavy (non-hydrogen) atoms. The molecule has 2 aliphatic rings. The molecule has 164 valence electrons. The number of carbonyl (C=O) groups is 2. The lowest BCUT2D eigenvalue weighted by Gasteiger charge is -2.37. The predicted molar refractivity (Wildman–Crippen MR) is 120 cm³/mol. The van der Waals surface area contributed by atoms with Gasteiger partial charge in [-0.1, -0.05) is 30.3 Å². The second kappa shape index (κ2) is 8.55. The molecule has 1 amide bonds. The molecule has 2 fully saturated rings. The Hall–Kier alpha value is -2.51. The lowest BCUT2D eigenvalue weighted by atomic mass is 9.95. The van der Waals surface area contributed by atoms with Gasteiger partial charge in [-0.3, -0.25) is 14.5 Å². The van der Waals surface area contributed by atoms with E-state index in [1.807, 2.05) is 26.0 Å². The van der Waals surface area contributed by atoms with Gasteiger partial charge in [0.25, 0.3) is 5.91 Å². The van der Waals surface area contributed by atoms with Gasteiger partial charge in [-0.05, 0) is 43.5 Å². The standard InChI is InChI=1S/C24H28N2O4S/c1-17-7-8-19(15-18(17)2)23(27)21-5-3-4-6-22(21)24(28)26-12-10-25(11-13-26)20-9-14-31(29,30)16-20/h3-8,15,20H,9-14,16H2,1-2H3. The Morgan fingerprint density at radius 2 is 1.58 bits per heavy atom. The van der Waals surface area contributed by atoms with Crippen LogP contribution in [0.3, 0.4) is 0 Å². The highest BCUT2D eigenvalue weighted by Gasteiger charge is 2.34. The first-order valence-electron chi connectivity index (χ1n) is 10.7. The summed E-state index contributed by atoms with van der Waals surface area (Å²) in [5, 5.41) is 0. The monoisotopic (exact) mass is 440 g/mol. The van der Waals surface area contributed by atoms with Crippen molar-refractivity contribution in [2.75, 3.05) is 37.7 Å². The van der Waals surface area contributed by atoms with Crippen LogP contribution in [0.5, 0.6) is 0 Å². The molecular formula is C24H28N2O4S. The number of hydrogen-bond donors (Lipinski definition) is 0. The predicted octanol–water partition coefficient (Wildman–Crippen LogP) is 2.48. The maximum atomic E-state index is 13.3. The van der Waals surface area contributed by atoms with Gasteiger partial charge in [0.2, 0.25) is 0 Å². The quantitative estimate of drug-likeness (QED) is 0.683. The van der Waals surface area contributed by atoms with E-state index in [-0.39, 0.29) is 29.2 Å². The summed E-state index contributed by atoms with van der Waals surface area (Å²) in [6.07, 6.45) is 0.670. The van der Waals surface area contributed by atoms with Crippen molar-refractivity contribution >= 4 is 21.5 Å². The van der Waals surface area contributed by atoms with Gasteiger partial charge >= 0.3 is 0 Å². The summed E-state index contributed by atoms with van der Waals surface area (Å²) in [4.78, 5) is 30.4. The van der Waals surface area contributed by atoms with Crippen LogP contribution in [0.2, 0.25) is 0 Å². The summed E-state index contributed by atoms with van der Waals surface area (Å²) < 4.78 is 23.6. The molecule has 2 aliphatic heterocycles. The number of piperazine rings is 1. The van der Waals surface area contributed by atoms with E-state index in [9.17, 15) is 18.0 Å². The molecule has 2 heterocycles. The van der Waals surface area contributed by atoms with Gasteiger partial charge in [-0.15, -0.1) is 0 Å². The number of hydrogen-bond acceptors (Lipinski definition) is 5. The largest absolute Gasteiger partial charge is 0.336 e. The first kappa shape index (κ1) is 21.7. The Bertz CT molecular complexity index is 1120. The summed E-state index contributed by atoms with van der Waals surface area (Å²) in [6, 6.07) is 12.6. The minimum absolute atomic E-state index is 0.0564. The third kappa shape index (κ3) is 4.57. The summed E-state index contributed by atoms with van der Waals surface area (Å²) in [5.74, 6) is 0.173. The molecule has 0 N–H and O–H groups in total. The van der Waals surface area contributed by atoms with Gasteiger partial charge in [0.1, 0.15) is 0 Å². The van der Waals surface area contributed by atoms with Crippen molar-refractivity contribution in [2.45, 2.75) is 26.3 Å². The molecule has 0 bridgehead atoms. The second-order valence-corrected chi connectivity index (χ2v) is 10.8. The second-order valence-electron chi connectivity index (χ2n) is 8.56. The third-order valence-corrected chi connectivity index (χ3v) is 8.25. The van der Waals surface area contributed by atoms with Gasteiger partial charge < -0.3 is 4.90 Å². The van der Waals surface area contributed by atoms with E-state index in [0.717, 1.165) is 11.1 Å². The van der Waals surface area contributed by atoms with Gasteiger partial charge in [-0.2, -0.15) is 0 Å². The molecule has 4 rings (SSSR count). The highest BCUT2D eigenvalue weighted by atomic mass is 32.2. The first-order valence-corrected chi connectivity index (χ1v) is 12.5. The van der Waals surface area contributed by atoms with Crippen molar-refractivity contribution in [2.24, 2.45) is 0 Å². The summed E-state index contributed by atoms with van der Waals surface area (Å²) >= 11 is 0. The van der Waals surface area contributed by atoms with Crippen LogP contribution in [-0.4, -0.2) is 73.6 Å². The normalized spacial score (nSPS) is 21.2. The maximum absolute atomic E-state index is 13.3. The SMILES string of the molecule is Cc1ccc(C(=O)c2ccccc2C(=O)N2CCN(C3CCS(=O)(=O)C3)CC2)cc1C. The first-order chi connectivity index (χ1) is 14.7. The van der Waals surface area contributed by atoms with Crippen LogP contribution >= 0.6 is 0 Å². The zero-order valence-corrected chi connectivity index (χ0v) is 18.8. The summed E-state index contributed by atoms with van der Waals surface area (Å²) in [7, 11) is -2.92. The fourth-order valence-corrected chi connectivity index (χ4v) is 6.19. The maximum Gasteiger partial charge on any atom is 0.254 e. The molecule has 1 atom stereocenters. The molecule has 7 heteroatoms. The Kier molecular flexibility index (Phi) is 5.99. The highest BCUT2D eigenvalue weighted by Crippen LogP contribution is 2.22. The van der Waals surface area contributed by atoms with Crippen LogP contribution in [0.4, 0.5) is 0 Å². The van der Waals surface area contributed by atoms with Gasteiger partial charge in [0.15, 0.2) is 15.6 Å². The molecule has 0 aromatic heterocycles. The van der Waals surface area contributed by atoms with E-state index in [2.05, 4.69) is 4.90 Å². The van der Waals surface area contributed by atoms with Crippen molar-refractivity contribution in [1.29, 1.82) is 0 Å². The number of sulfone groups is 1. The number of amides is 1. The van der Waals surface area contributed by atoms with Crippen molar-refractivity contribution in [3.8, 4) is 0 Å². The van der Waals surface area contributed by atoms with E-state index >= 15 is 0 Å². The summed E-state index contributed by atoms with van der Waals surface area (Å²) in [5.41, 5.74) is 3.58. The lowest BCUT2D eigenvalue weighted by molar-refractivity contribution is 0.0585. The number of nitrogens with zero attached hydrogens (tertiary/aromatic N) is 2. The van der Waals surface area contributed by atoms with Gasteiger partial charge in [-0.25, -0.2) is 8.42 Å². The number of ketones is 1. The fourth-order valence-electron chi connectivity index (χ4n) is 4.43. The van der Waals surface area contributed by atoms with Crippen molar-refractivity contribution in [3.05, 3.63) is 70.3 Å². The molecule has 0 saturated carbocycles. The third-order valence-electron chi connectivity index (χ3n) is 6.50. The molecular weight excluding hydrogens is 412 g/mol. The van der Waals surface area contributed by atoms with E-state index in [1.54, 1.807) is 35.2 Å². The molecule has 0 spiro atoms. The minimum Gasteiger partial charge on any atom is -0.336 e. The smallest absolute Gasteiger partial charge is 0.254 e. The fraction of sp³-hybridized carbons (Fsp3) is 0.417. The number of aryl methyl sites for hydroxylation is 2. The molecule has 2 saturated heterocycles. The Balaban J connectivity index is 1.49. The highest BCUT2D eigenvalue weighted by molar-refractivity contribution is 7.91. The van der Waals surface area contributed by atoms with Crippen LogP contribution in [0.25, 0.3) is 0 Å². The average molecular weight is 441 g/mol. The van der Waals surface area contributed by atoms with E-state index in [1.165, 1.54) is 0 Å². The van der Waals surface area contributed by atoms with Crippen molar-refractivity contribution in [1.82, 2.24) is 9.80 Å². The van der Waals surface area contributed by atoms with Crippen LogP contribution in [0, 0.1) is 13.8 Å². The molecule has 0 radical (unpaired) electrons. The Morgan fingerprint density at radius 3 is 2.19 bits per heavy atom. The topological polar surface area (TPSA) is 74.8 Å². The molecule has 6 nitrogen and oxygen atoms in total. The molecule has 2 aromatic carbocycles. The number of carbonyl (C=O) groups excluding carboxylic acids is 2. The van der Waals surface area contributed by atoms with E-state index in [0.29, 0.717) is 49.3 Å². The van der Waals surface area contributed by atoms with Gasteiger partial charge in [0, 0.05) is 43.3 Å². The molecule has 0 aliphatic carbocycles. The van der Waals surface area contributed by atoms with Gasteiger partial charge in [0.05, 0.1) is 17.1 Å². The summed E-state index contributed by atoms with van der Waals surface area (Å²) in [6.45, 7) is 6.33. The zero-order chi connectivity index (χ0) is 22.2. The average Bonchev–Trinajstić information content (AvgIpc) is 3.14.